The number of nitrogens with zero attached hydrogens (tertiary/aromatic N) is 6. The summed E-state index contributed by atoms with van der Waals surface area (Å²) >= 11 is 0. The molecule has 0 saturated carbocycles. The maximum atomic E-state index is 12.7. The maximum Gasteiger partial charge on any atom is 0.272 e. The summed E-state index contributed by atoms with van der Waals surface area (Å²) in [7, 11) is 0. The van der Waals surface area contributed by atoms with Gasteiger partial charge in [-0.1, -0.05) is 6.07 Å². The van der Waals surface area contributed by atoms with Crippen LogP contribution < -0.4 is 9.80 Å². The number of piperazine rings is 2. The Morgan fingerprint density at radius 3 is 2.07 bits per heavy atom. The smallest absolute Gasteiger partial charge is 0.272 e. The number of amides is 2. The van der Waals surface area contributed by atoms with Crippen molar-refractivity contribution in [2.45, 2.75) is 6.92 Å². The molecular formula is C21H26N6O2. The van der Waals surface area contributed by atoms with Gasteiger partial charge in [-0.25, -0.2) is 9.97 Å². The molecule has 29 heavy (non-hydrogen) atoms. The van der Waals surface area contributed by atoms with Crippen LogP contribution in [0.25, 0.3) is 0 Å². The Kier molecular flexibility index (Phi) is 5.59. The summed E-state index contributed by atoms with van der Waals surface area (Å²) in [4.78, 5) is 41.1. The zero-order valence-corrected chi connectivity index (χ0v) is 16.7. The summed E-state index contributed by atoms with van der Waals surface area (Å²) in [5.41, 5.74) is 1.49. The molecule has 2 fully saturated rings. The van der Waals surface area contributed by atoms with Gasteiger partial charge in [0.15, 0.2) is 0 Å². The van der Waals surface area contributed by atoms with Crippen molar-refractivity contribution in [1.29, 1.82) is 0 Å². The van der Waals surface area contributed by atoms with Crippen LogP contribution in [0.3, 0.4) is 0 Å². The lowest BCUT2D eigenvalue weighted by molar-refractivity contribution is -0.130. The number of hydrogen-bond acceptors (Lipinski definition) is 6. The molecule has 2 aromatic heterocycles. The van der Waals surface area contributed by atoms with E-state index >= 15 is 0 Å². The number of anilines is 2. The number of rotatable bonds is 3. The van der Waals surface area contributed by atoms with Crippen LogP contribution in [-0.2, 0) is 4.79 Å². The zero-order chi connectivity index (χ0) is 20.2. The molecule has 0 unspecified atom stereocenters. The first-order chi connectivity index (χ1) is 14.1. The highest BCUT2D eigenvalue weighted by Crippen LogP contribution is 2.19. The van der Waals surface area contributed by atoms with Crippen molar-refractivity contribution in [3.63, 3.8) is 0 Å². The molecule has 0 atom stereocenters. The van der Waals surface area contributed by atoms with E-state index in [1.165, 1.54) is 0 Å². The molecule has 0 aliphatic carbocycles. The summed E-state index contributed by atoms with van der Waals surface area (Å²) < 4.78 is 0. The topological polar surface area (TPSA) is 72.9 Å². The van der Waals surface area contributed by atoms with E-state index in [4.69, 9.17) is 0 Å². The number of carbonyl (C=O) groups excluding carboxylic acids is 2. The van der Waals surface area contributed by atoms with E-state index < -0.39 is 0 Å². The first-order valence-electron chi connectivity index (χ1n) is 10.0. The Hall–Kier alpha value is -3.16. The van der Waals surface area contributed by atoms with Crippen LogP contribution in [0.1, 0.15) is 17.4 Å². The number of hydrogen-bond donors (Lipinski definition) is 0. The average Bonchev–Trinajstić information content (AvgIpc) is 2.79. The summed E-state index contributed by atoms with van der Waals surface area (Å²) in [5.74, 6) is 0.999. The third-order valence-electron chi connectivity index (χ3n) is 5.60. The van der Waals surface area contributed by atoms with Gasteiger partial charge in [-0.2, -0.15) is 0 Å². The van der Waals surface area contributed by atoms with Crippen molar-refractivity contribution in [1.82, 2.24) is 19.8 Å². The Bertz CT molecular complexity index is 841. The standard InChI is InChI=1S/C21H26N6O2/c1-17(28)24-8-14-27(15-9-24)21(29)19-6-5-18(16-23-19)25-10-12-26(13-11-25)20-4-2-3-7-22-20/h2-7,16H,8-15H2,1H3. The highest BCUT2D eigenvalue weighted by Gasteiger charge is 2.24. The summed E-state index contributed by atoms with van der Waals surface area (Å²) in [5, 5.41) is 0. The van der Waals surface area contributed by atoms with Crippen LogP contribution >= 0.6 is 0 Å². The molecule has 2 saturated heterocycles. The van der Waals surface area contributed by atoms with E-state index in [1.807, 2.05) is 30.5 Å². The SMILES string of the molecule is CC(=O)N1CCN(C(=O)c2ccc(N3CCN(c4ccccn4)CC3)cn2)CC1. The minimum absolute atomic E-state index is 0.0581. The Morgan fingerprint density at radius 1 is 0.793 bits per heavy atom. The van der Waals surface area contributed by atoms with Gasteiger partial charge in [0.25, 0.3) is 5.91 Å². The van der Waals surface area contributed by atoms with Gasteiger partial charge in [0.2, 0.25) is 5.91 Å². The van der Waals surface area contributed by atoms with Gasteiger partial charge in [0.05, 0.1) is 11.9 Å². The fraction of sp³-hybridized carbons (Fsp3) is 0.429. The van der Waals surface area contributed by atoms with Gasteiger partial charge < -0.3 is 19.6 Å². The van der Waals surface area contributed by atoms with Crippen LogP contribution in [0.2, 0.25) is 0 Å². The Labute approximate surface area is 170 Å². The molecule has 0 aromatic carbocycles. The second kappa shape index (κ2) is 8.46. The molecule has 4 rings (SSSR count). The zero-order valence-electron chi connectivity index (χ0n) is 16.7. The van der Waals surface area contributed by atoms with E-state index in [1.54, 1.807) is 29.0 Å². The van der Waals surface area contributed by atoms with Gasteiger partial charge in [0, 0.05) is 65.5 Å². The van der Waals surface area contributed by atoms with Gasteiger partial charge in [-0.3, -0.25) is 9.59 Å². The van der Waals surface area contributed by atoms with Crippen LogP contribution in [0.5, 0.6) is 0 Å². The second-order valence-electron chi connectivity index (χ2n) is 7.36. The highest BCUT2D eigenvalue weighted by atomic mass is 16.2. The van der Waals surface area contributed by atoms with Crippen molar-refractivity contribution in [3.05, 3.63) is 48.4 Å². The monoisotopic (exact) mass is 394 g/mol. The molecule has 0 bridgehead atoms. The van der Waals surface area contributed by atoms with E-state index in [9.17, 15) is 9.59 Å². The molecule has 2 aliphatic rings. The lowest BCUT2D eigenvalue weighted by atomic mass is 10.2. The first-order valence-corrected chi connectivity index (χ1v) is 10.0. The van der Waals surface area contributed by atoms with Crippen molar-refractivity contribution in [3.8, 4) is 0 Å². The van der Waals surface area contributed by atoms with E-state index in [2.05, 4.69) is 19.8 Å². The minimum atomic E-state index is -0.0697. The normalized spacial score (nSPS) is 17.4. The average molecular weight is 394 g/mol. The maximum absolute atomic E-state index is 12.7. The minimum Gasteiger partial charge on any atom is -0.367 e. The molecular weight excluding hydrogens is 368 g/mol. The third kappa shape index (κ3) is 4.31. The van der Waals surface area contributed by atoms with Gasteiger partial charge in [0.1, 0.15) is 11.5 Å². The van der Waals surface area contributed by atoms with Crippen molar-refractivity contribution < 1.29 is 9.59 Å². The van der Waals surface area contributed by atoms with Crippen molar-refractivity contribution >= 4 is 23.3 Å². The lowest BCUT2D eigenvalue weighted by Crippen LogP contribution is -2.50. The van der Waals surface area contributed by atoms with E-state index in [-0.39, 0.29) is 11.8 Å². The van der Waals surface area contributed by atoms with Crippen LogP contribution in [0.4, 0.5) is 11.5 Å². The van der Waals surface area contributed by atoms with Gasteiger partial charge >= 0.3 is 0 Å². The number of carbonyl (C=O) groups is 2. The summed E-state index contributed by atoms with van der Waals surface area (Å²) in [6.45, 7) is 7.41. The molecule has 8 heteroatoms. The predicted molar refractivity (Wildman–Crippen MR) is 111 cm³/mol. The molecule has 0 radical (unpaired) electrons. The molecule has 8 nitrogen and oxygen atoms in total. The van der Waals surface area contributed by atoms with Crippen LogP contribution in [-0.4, -0.2) is 83.9 Å². The molecule has 2 aliphatic heterocycles. The fourth-order valence-electron chi connectivity index (χ4n) is 3.82. The molecule has 2 amide bonds. The van der Waals surface area contributed by atoms with Gasteiger partial charge in [-0.15, -0.1) is 0 Å². The lowest BCUT2D eigenvalue weighted by Gasteiger charge is -2.36. The second-order valence-corrected chi connectivity index (χ2v) is 7.36. The number of pyridine rings is 2. The largest absolute Gasteiger partial charge is 0.367 e. The Morgan fingerprint density at radius 2 is 1.48 bits per heavy atom. The first kappa shape index (κ1) is 19.2. The van der Waals surface area contributed by atoms with E-state index in [0.29, 0.717) is 31.9 Å². The molecule has 4 heterocycles. The quantitative estimate of drug-likeness (QED) is 0.777. The summed E-state index contributed by atoms with van der Waals surface area (Å²) in [6.07, 6.45) is 3.61. The predicted octanol–water partition coefficient (Wildman–Crippen LogP) is 1.11. The van der Waals surface area contributed by atoms with Gasteiger partial charge in [-0.05, 0) is 24.3 Å². The van der Waals surface area contributed by atoms with Crippen molar-refractivity contribution in [2.24, 2.45) is 0 Å². The molecule has 2 aromatic rings. The number of aromatic nitrogens is 2. The van der Waals surface area contributed by atoms with E-state index in [0.717, 1.165) is 37.7 Å². The highest BCUT2D eigenvalue weighted by molar-refractivity contribution is 5.92. The van der Waals surface area contributed by atoms with Crippen LogP contribution in [0, 0.1) is 0 Å². The molecule has 152 valence electrons. The summed E-state index contributed by atoms with van der Waals surface area (Å²) in [6, 6.07) is 9.75. The third-order valence-corrected chi connectivity index (χ3v) is 5.60. The van der Waals surface area contributed by atoms with Crippen molar-refractivity contribution in [2.75, 3.05) is 62.2 Å². The fourth-order valence-corrected chi connectivity index (χ4v) is 3.82. The Balaban J connectivity index is 1.33. The molecule has 0 spiro atoms. The van der Waals surface area contributed by atoms with Crippen LogP contribution in [0.15, 0.2) is 42.7 Å². The molecule has 0 N–H and O–H groups in total.